The number of piperazine rings is 1. The SMILES string of the molecule is O=C1CN(C(=O)CSc2nc(C(F)(F)F)nc3ccccc23)C2(CCCCC2)C(=O)N1. The fraction of sp³-hybridized carbons (Fsp3) is 0.450. The van der Waals surface area contributed by atoms with Crippen molar-refractivity contribution in [1.82, 2.24) is 20.2 Å². The average Bonchev–Trinajstić information content (AvgIpc) is 2.74. The molecule has 7 nitrogen and oxygen atoms in total. The summed E-state index contributed by atoms with van der Waals surface area (Å²) < 4.78 is 39.7. The molecule has 0 bridgehead atoms. The van der Waals surface area contributed by atoms with E-state index in [1.807, 2.05) is 0 Å². The highest BCUT2D eigenvalue weighted by Gasteiger charge is 2.50. The van der Waals surface area contributed by atoms with E-state index in [2.05, 4.69) is 15.3 Å². The smallest absolute Gasteiger partial charge is 0.318 e. The van der Waals surface area contributed by atoms with Gasteiger partial charge >= 0.3 is 6.18 Å². The minimum Gasteiger partial charge on any atom is -0.318 e. The second-order valence-corrected chi connectivity index (χ2v) is 8.57. The molecule has 11 heteroatoms. The van der Waals surface area contributed by atoms with Crippen LogP contribution in [0.2, 0.25) is 0 Å². The van der Waals surface area contributed by atoms with Crippen LogP contribution in [0.1, 0.15) is 37.9 Å². The van der Waals surface area contributed by atoms with Crippen molar-refractivity contribution in [3.05, 3.63) is 30.1 Å². The predicted octanol–water partition coefficient (Wildman–Crippen LogP) is 2.93. The van der Waals surface area contributed by atoms with E-state index in [1.54, 1.807) is 18.2 Å². The largest absolute Gasteiger partial charge is 0.451 e. The molecule has 1 saturated heterocycles. The molecule has 2 aromatic rings. The van der Waals surface area contributed by atoms with Gasteiger partial charge in [-0.1, -0.05) is 49.2 Å². The number of nitrogens with one attached hydrogen (secondary N) is 1. The number of para-hydroxylation sites is 1. The highest BCUT2D eigenvalue weighted by atomic mass is 32.2. The standard InChI is InChI=1S/C20H19F3N4O3S/c21-20(22,23)17-24-13-7-3-2-6-12(13)16(26-17)31-11-15(29)27-10-14(28)25-18(30)19(27)8-4-1-5-9-19/h2-3,6-7H,1,4-5,8-11H2,(H,25,28,30). The number of nitrogens with zero attached hydrogens (tertiary/aromatic N) is 3. The van der Waals surface area contributed by atoms with Crippen molar-refractivity contribution < 1.29 is 27.6 Å². The van der Waals surface area contributed by atoms with Crippen LogP contribution in [0.4, 0.5) is 13.2 Å². The maximum absolute atomic E-state index is 13.2. The van der Waals surface area contributed by atoms with Crippen LogP contribution >= 0.6 is 11.8 Å². The number of hydrogen-bond donors (Lipinski definition) is 1. The zero-order valence-electron chi connectivity index (χ0n) is 16.4. The van der Waals surface area contributed by atoms with Gasteiger partial charge in [-0.2, -0.15) is 13.2 Å². The second kappa shape index (κ2) is 8.10. The number of fused-ring (bicyclic) bond motifs is 1. The number of benzene rings is 1. The molecule has 1 N–H and O–H groups in total. The molecular weight excluding hydrogens is 433 g/mol. The quantitative estimate of drug-likeness (QED) is 0.437. The molecular formula is C20H19F3N4O3S. The molecule has 2 fully saturated rings. The lowest BCUT2D eigenvalue weighted by Gasteiger charge is -2.47. The number of carbonyl (C=O) groups is 3. The van der Waals surface area contributed by atoms with E-state index in [0.717, 1.165) is 31.0 Å². The molecule has 164 valence electrons. The third kappa shape index (κ3) is 4.10. The van der Waals surface area contributed by atoms with E-state index in [-0.39, 0.29) is 22.8 Å². The van der Waals surface area contributed by atoms with Crippen molar-refractivity contribution in [1.29, 1.82) is 0 Å². The predicted molar refractivity (Wildman–Crippen MR) is 106 cm³/mol. The van der Waals surface area contributed by atoms with Gasteiger partial charge in [0.15, 0.2) is 0 Å². The summed E-state index contributed by atoms with van der Waals surface area (Å²) in [5.74, 6) is -3.05. The first kappa shape index (κ1) is 21.5. The van der Waals surface area contributed by atoms with Crippen molar-refractivity contribution in [3.8, 4) is 0 Å². The Morgan fingerprint density at radius 2 is 1.84 bits per heavy atom. The Bertz CT molecular complexity index is 1050. The van der Waals surface area contributed by atoms with E-state index < -0.39 is 35.3 Å². The van der Waals surface area contributed by atoms with Crippen LogP contribution < -0.4 is 5.32 Å². The number of aromatic nitrogens is 2. The van der Waals surface area contributed by atoms with Gasteiger partial charge in [-0.3, -0.25) is 19.7 Å². The Morgan fingerprint density at radius 1 is 1.13 bits per heavy atom. The Balaban J connectivity index is 1.61. The van der Waals surface area contributed by atoms with Crippen LogP contribution in [0.15, 0.2) is 29.3 Å². The van der Waals surface area contributed by atoms with Gasteiger partial charge in [0.25, 0.3) is 5.91 Å². The number of thioether (sulfide) groups is 1. The highest BCUT2D eigenvalue weighted by molar-refractivity contribution is 8.00. The molecule has 0 radical (unpaired) electrons. The summed E-state index contributed by atoms with van der Waals surface area (Å²) in [5, 5.41) is 2.74. The van der Waals surface area contributed by atoms with Gasteiger partial charge in [-0.15, -0.1) is 0 Å². The van der Waals surface area contributed by atoms with Gasteiger partial charge in [-0.05, 0) is 18.9 Å². The summed E-state index contributed by atoms with van der Waals surface area (Å²) >= 11 is 0.846. The Labute approximate surface area is 179 Å². The number of imide groups is 1. The van der Waals surface area contributed by atoms with Crippen LogP contribution in [-0.4, -0.2) is 50.4 Å². The van der Waals surface area contributed by atoms with E-state index in [1.165, 1.54) is 11.0 Å². The van der Waals surface area contributed by atoms with Gasteiger partial charge in [0, 0.05) is 5.39 Å². The normalized spacial score (nSPS) is 19.0. The molecule has 3 amide bonds. The molecule has 1 saturated carbocycles. The first-order valence-electron chi connectivity index (χ1n) is 9.82. The first-order chi connectivity index (χ1) is 14.7. The minimum atomic E-state index is -4.73. The molecule has 1 aromatic heterocycles. The Hall–Kier alpha value is -2.69. The zero-order valence-corrected chi connectivity index (χ0v) is 17.2. The monoisotopic (exact) mass is 452 g/mol. The van der Waals surface area contributed by atoms with Crippen LogP contribution in [-0.2, 0) is 20.6 Å². The van der Waals surface area contributed by atoms with E-state index in [9.17, 15) is 27.6 Å². The van der Waals surface area contributed by atoms with E-state index >= 15 is 0 Å². The molecule has 1 aliphatic carbocycles. The molecule has 31 heavy (non-hydrogen) atoms. The summed E-state index contributed by atoms with van der Waals surface area (Å²) in [4.78, 5) is 46.1. The fourth-order valence-corrected chi connectivity index (χ4v) is 5.05. The second-order valence-electron chi connectivity index (χ2n) is 7.61. The number of amides is 3. The maximum Gasteiger partial charge on any atom is 0.451 e. The molecule has 1 aliphatic heterocycles. The van der Waals surface area contributed by atoms with Gasteiger partial charge < -0.3 is 4.90 Å². The Morgan fingerprint density at radius 3 is 2.55 bits per heavy atom. The molecule has 0 atom stereocenters. The number of carbonyl (C=O) groups excluding carboxylic acids is 3. The number of alkyl halides is 3. The number of halogens is 3. The lowest BCUT2D eigenvalue weighted by Crippen LogP contribution is -2.69. The fourth-order valence-electron chi connectivity index (χ4n) is 4.15. The van der Waals surface area contributed by atoms with Gasteiger partial charge in [0.2, 0.25) is 17.6 Å². The van der Waals surface area contributed by atoms with Crippen molar-refractivity contribution >= 4 is 40.4 Å². The molecule has 0 unspecified atom stereocenters. The summed E-state index contributed by atoms with van der Waals surface area (Å²) in [6.07, 6.45) is -1.37. The minimum absolute atomic E-state index is 0.0248. The summed E-state index contributed by atoms with van der Waals surface area (Å²) in [7, 11) is 0. The van der Waals surface area contributed by atoms with Gasteiger partial charge in [-0.25, -0.2) is 9.97 Å². The van der Waals surface area contributed by atoms with Crippen LogP contribution in [0.5, 0.6) is 0 Å². The molecule has 2 aliphatic rings. The third-order valence-electron chi connectivity index (χ3n) is 5.63. The third-order valence-corrected chi connectivity index (χ3v) is 6.61. The average molecular weight is 452 g/mol. The number of hydrogen-bond acceptors (Lipinski definition) is 6. The first-order valence-corrected chi connectivity index (χ1v) is 10.8. The number of rotatable bonds is 3. The van der Waals surface area contributed by atoms with Crippen molar-refractivity contribution in [2.24, 2.45) is 0 Å². The molecule has 1 aromatic carbocycles. The Kier molecular flexibility index (Phi) is 5.63. The molecule has 4 rings (SSSR count). The lowest BCUT2D eigenvalue weighted by atomic mass is 9.78. The van der Waals surface area contributed by atoms with Crippen molar-refractivity contribution in [2.75, 3.05) is 12.3 Å². The van der Waals surface area contributed by atoms with Crippen LogP contribution in [0.3, 0.4) is 0 Å². The summed E-state index contributed by atoms with van der Waals surface area (Å²) in [6.45, 7) is -0.247. The van der Waals surface area contributed by atoms with Crippen LogP contribution in [0, 0.1) is 0 Å². The summed E-state index contributed by atoms with van der Waals surface area (Å²) in [5.41, 5.74) is -0.953. The van der Waals surface area contributed by atoms with Crippen LogP contribution in [0.25, 0.3) is 10.9 Å². The lowest BCUT2D eigenvalue weighted by molar-refractivity contribution is -0.158. The van der Waals surface area contributed by atoms with E-state index in [0.29, 0.717) is 18.2 Å². The highest BCUT2D eigenvalue weighted by Crippen LogP contribution is 2.37. The van der Waals surface area contributed by atoms with E-state index in [4.69, 9.17) is 0 Å². The topological polar surface area (TPSA) is 92.3 Å². The molecule has 2 heterocycles. The molecule has 1 spiro atoms. The van der Waals surface area contributed by atoms with Crippen molar-refractivity contribution in [3.63, 3.8) is 0 Å². The summed E-state index contributed by atoms with van der Waals surface area (Å²) in [6, 6.07) is 6.25. The van der Waals surface area contributed by atoms with Gasteiger partial charge in [0.05, 0.1) is 11.3 Å². The van der Waals surface area contributed by atoms with Gasteiger partial charge in [0.1, 0.15) is 17.1 Å². The maximum atomic E-state index is 13.2. The zero-order chi connectivity index (χ0) is 22.2. The van der Waals surface area contributed by atoms with Crippen molar-refractivity contribution in [2.45, 2.75) is 48.8 Å².